The van der Waals surface area contributed by atoms with Crippen molar-refractivity contribution >= 4 is 5.97 Å². The third-order valence-corrected chi connectivity index (χ3v) is 8.92. The van der Waals surface area contributed by atoms with Crippen LogP contribution in [0.3, 0.4) is 0 Å². The van der Waals surface area contributed by atoms with Crippen LogP contribution in [0.15, 0.2) is 35.9 Å². The van der Waals surface area contributed by atoms with Crippen LogP contribution >= 0.6 is 0 Å². The van der Waals surface area contributed by atoms with Gasteiger partial charge >= 0.3 is 5.97 Å². The minimum Gasteiger partial charge on any atom is -0.493 e. The van der Waals surface area contributed by atoms with Crippen molar-refractivity contribution in [2.24, 2.45) is 0 Å². The van der Waals surface area contributed by atoms with Crippen LogP contribution in [0, 0.1) is 0 Å². The first-order valence-electron chi connectivity index (χ1n) is 16.7. The molecule has 242 valence electrons. The monoisotopic (exact) mass is 601 g/mol. The first-order chi connectivity index (χ1) is 20.9. The summed E-state index contributed by atoms with van der Waals surface area (Å²) in [6, 6.07) is 4.26. The Labute approximate surface area is 259 Å². The smallest absolute Gasteiger partial charge is 0.307 e. The van der Waals surface area contributed by atoms with Gasteiger partial charge in [0.15, 0.2) is 11.5 Å². The van der Waals surface area contributed by atoms with E-state index < -0.39 is 6.79 Å². The Balaban J connectivity index is 0.000000236. The van der Waals surface area contributed by atoms with Gasteiger partial charge in [-0.15, -0.1) is 0 Å². The number of rotatable bonds is 18. The molecule has 0 amide bonds. The zero-order valence-corrected chi connectivity index (χ0v) is 27.3. The second-order valence-electron chi connectivity index (χ2n) is 12.6. The molecule has 1 aliphatic carbocycles. The van der Waals surface area contributed by atoms with Gasteiger partial charge in [0.1, 0.15) is 5.60 Å². The fourth-order valence-corrected chi connectivity index (χ4v) is 6.69. The largest absolute Gasteiger partial charge is 0.493 e. The molecule has 2 heterocycles. The van der Waals surface area contributed by atoms with Crippen LogP contribution in [-0.2, 0) is 21.0 Å². The van der Waals surface area contributed by atoms with Gasteiger partial charge in [-0.2, -0.15) is 4.94 Å². The van der Waals surface area contributed by atoms with E-state index in [1.54, 1.807) is 7.11 Å². The summed E-state index contributed by atoms with van der Waals surface area (Å²) in [6.45, 7) is 5.95. The number of methoxy groups -OCH3 is 1. The summed E-state index contributed by atoms with van der Waals surface area (Å²) >= 11 is 0. The number of hydrogen-bond acceptors (Lipinski definition) is 6. The van der Waals surface area contributed by atoms with Crippen LogP contribution in [0.1, 0.15) is 134 Å². The molecule has 1 unspecified atom stereocenters. The zero-order chi connectivity index (χ0) is 30.9. The van der Waals surface area contributed by atoms with E-state index in [1.807, 2.05) is 0 Å². The van der Waals surface area contributed by atoms with Gasteiger partial charge in [-0.3, -0.25) is 9.69 Å². The molecule has 0 fully saturated rings. The van der Waals surface area contributed by atoms with Gasteiger partial charge in [-0.1, -0.05) is 82.6 Å². The molecule has 7 heteroatoms. The summed E-state index contributed by atoms with van der Waals surface area (Å²) in [4.78, 5) is 16.7. The van der Waals surface area contributed by atoms with E-state index in [1.165, 1.54) is 74.5 Å². The maximum absolute atomic E-state index is 11.3. The van der Waals surface area contributed by atoms with E-state index in [0.29, 0.717) is 12.3 Å². The van der Waals surface area contributed by atoms with Gasteiger partial charge < -0.3 is 14.2 Å². The standard InChI is InChI=1S/C19H35FO3.C17H21NO2/c1-2-3-4-5-6-7-8-9-10-11-12-13-14-15-16-17-19(21)22-18-23-20;1-17-8-4-5-12-10-18(2)9-11-6-7-13(19-3)16(20-17)14(11)15(12)17/h9-10H,2-8,11-18H2,1H3;5-7,15H,4,8-10H2,1-3H3/b10-9-;/t;15?,17-/m.0/s1. The number of benzene rings is 1. The summed E-state index contributed by atoms with van der Waals surface area (Å²) in [5.74, 6) is 1.88. The Bertz CT molecular complexity index is 1040. The van der Waals surface area contributed by atoms with Crippen LogP contribution in [-0.4, -0.2) is 44.0 Å². The molecule has 43 heavy (non-hydrogen) atoms. The molecule has 4 rings (SSSR count). The Morgan fingerprint density at radius 2 is 1.70 bits per heavy atom. The molecule has 0 saturated heterocycles. The Morgan fingerprint density at radius 1 is 1.02 bits per heavy atom. The lowest BCUT2D eigenvalue weighted by Crippen LogP contribution is -2.38. The van der Waals surface area contributed by atoms with Gasteiger partial charge in [0.25, 0.3) is 0 Å². The van der Waals surface area contributed by atoms with Crippen molar-refractivity contribution in [1.82, 2.24) is 4.90 Å². The highest BCUT2D eigenvalue weighted by Gasteiger charge is 2.51. The molecule has 0 aromatic heterocycles. The average Bonchev–Trinajstić information content (AvgIpc) is 3.23. The van der Waals surface area contributed by atoms with Crippen molar-refractivity contribution in [1.29, 1.82) is 0 Å². The SMILES string of the molecule is CCCCCCCC/C=C\CCCCCCCC(=O)OCOF.COc1ccc2c3c1O[C@@]1(C)CCC=C(CN(C)C2)C31. The quantitative estimate of drug-likeness (QED) is 0.0723. The summed E-state index contributed by atoms with van der Waals surface area (Å²) in [5, 5.41) is 0. The second-order valence-corrected chi connectivity index (χ2v) is 12.6. The van der Waals surface area contributed by atoms with Crippen molar-refractivity contribution in [2.75, 3.05) is 27.5 Å². The van der Waals surface area contributed by atoms with Crippen molar-refractivity contribution in [2.45, 2.75) is 135 Å². The number of carbonyl (C=O) groups excluding carboxylic acids is 1. The summed E-state index contributed by atoms with van der Waals surface area (Å²) < 4.78 is 27.7. The normalized spacial score (nSPS) is 20.5. The Kier molecular flexibility index (Phi) is 15.6. The van der Waals surface area contributed by atoms with E-state index in [9.17, 15) is 9.32 Å². The number of carbonyl (C=O) groups is 1. The minimum atomic E-state index is -0.593. The maximum Gasteiger partial charge on any atom is 0.307 e. The van der Waals surface area contributed by atoms with Crippen LogP contribution in [0.2, 0.25) is 0 Å². The lowest BCUT2D eigenvalue weighted by molar-refractivity contribution is -0.213. The van der Waals surface area contributed by atoms with Gasteiger partial charge in [0.05, 0.1) is 7.11 Å². The van der Waals surface area contributed by atoms with Crippen molar-refractivity contribution < 1.29 is 28.5 Å². The number of halogens is 1. The molecular weight excluding hydrogens is 545 g/mol. The number of unbranched alkanes of at least 4 members (excludes halogenated alkanes) is 11. The fourth-order valence-electron chi connectivity index (χ4n) is 6.69. The summed E-state index contributed by atoms with van der Waals surface area (Å²) in [7, 11) is 3.93. The Morgan fingerprint density at radius 3 is 2.37 bits per heavy atom. The molecular formula is C36H56FNO5. The highest BCUT2D eigenvalue weighted by Crippen LogP contribution is 2.57. The van der Waals surface area contributed by atoms with Crippen LogP contribution in [0.5, 0.6) is 11.5 Å². The fraction of sp³-hybridized carbons (Fsp3) is 0.694. The van der Waals surface area contributed by atoms with Crippen molar-refractivity contribution in [3.8, 4) is 11.5 Å². The molecule has 1 aromatic carbocycles. The molecule has 6 nitrogen and oxygen atoms in total. The predicted molar refractivity (Wildman–Crippen MR) is 171 cm³/mol. The lowest BCUT2D eigenvalue weighted by atomic mass is 9.73. The van der Waals surface area contributed by atoms with Crippen LogP contribution < -0.4 is 9.47 Å². The van der Waals surface area contributed by atoms with Gasteiger partial charge in [0.2, 0.25) is 6.79 Å². The molecule has 2 aliphatic heterocycles. The van der Waals surface area contributed by atoms with E-state index >= 15 is 0 Å². The molecule has 0 spiro atoms. The maximum atomic E-state index is 11.3. The number of likely N-dealkylation sites (N-methyl/N-ethyl adjacent to an activating group) is 1. The lowest BCUT2D eigenvalue weighted by Gasteiger charge is -2.36. The topological polar surface area (TPSA) is 57.2 Å². The minimum absolute atomic E-state index is 0.0962. The first kappa shape index (κ1) is 35.1. The predicted octanol–water partition coefficient (Wildman–Crippen LogP) is 9.52. The zero-order valence-electron chi connectivity index (χ0n) is 27.3. The molecule has 0 N–H and O–H groups in total. The summed E-state index contributed by atoms with van der Waals surface area (Å²) in [6.07, 6.45) is 25.5. The highest BCUT2D eigenvalue weighted by atomic mass is 19.3. The third kappa shape index (κ3) is 10.9. The van der Waals surface area contributed by atoms with Crippen molar-refractivity contribution in [3.05, 3.63) is 47.1 Å². The molecule has 1 aromatic rings. The third-order valence-electron chi connectivity index (χ3n) is 8.92. The molecule has 3 aliphatic rings. The van der Waals surface area contributed by atoms with Crippen LogP contribution in [0.25, 0.3) is 0 Å². The summed E-state index contributed by atoms with van der Waals surface area (Å²) in [5.41, 5.74) is 4.19. The number of hydrogen-bond donors (Lipinski definition) is 0. The van der Waals surface area contributed by atoms with E-state index in [2.05, 4.69) is 65.8 Å². The number of ether oxygens (including phenoxy) is 3. The van der Waals surface area contributed by atoms with E-state index in [0.717, 1.165) is 63.1 Å². The van der Waals surface area contributed by atoms with Crippen LogP contribution in [0.4, 0.5) is 4.53 Å². The molecule has 0 radical (unpaired) electrons. The number of esters is 1. The average molecular weight is 602 g/mol. The first-order valence-corrected chi connectivity index (χ1v) is 16.7. The number of allylic oxidation sites excluding steroid dienone is 3. The highest BCUT2D eigenvalue weighted by molar-refractivity contribution is 5.69. The second kappa shape index (κ2) is 19.1. The van der Waals surface area contributed by atoms with Gasteiger partial charge in [0, 0.05) is 31.0 Å². The molecule has 2 atom stereocenters. The van der Waals surface area contributed by atoms with Crippen molar-refractivity contribution in [3.63, 3.8) is 0 Å². The Hall–Kier alpha value is -2.38. The van der Waals surface area contributed by atoms with E-state index in [4.69, 9.17) is 9.47 Å². The van der Waals surface area contributed by atoms with Gasteiger partial charge in [-0.05, 0) is 80.6 Å². The van der Waals surface area contributed by atoms with Gasteiger partial charge in [-0.25, -0.2) is 0 Å². The molecule has 0 bridgehead atoms. The molecule has 0 saturated carbocycles. The number of nitrogens with zero attached hydrogens (tertiary/aromatic N) is 1. The van der Waals surface area contributed by atoms with E-state index in [-0.39, 0.29) is 11.6 Å².